The van der Waals surface area contributed by atoms with Crippen LogP contribution in [0.2, 0.25) is 0 Å². The number of rotatable bonds is 5. The molecule has 1 aliphatic carbocycles. The lowest BCUT2D eigenvalue weighted by Crippen LogP contribution is -2.24. The van der Waals surface area contributed by atoms with Gasteiger partial charge in [-0.25, -0.2) is 0 Å². The molecule has 0 radical (unpaired) electrons. The fraction of sp³-hybridized carbons (Fsp3) is 0.778. The van der Waals surface area contributed by atoms with Gasteiger partial charge in [-0.3, -0.25) is 4.18 Å². The second-order valence-corrected chi connectivity index (χ2v) is 4.95. The van der Waals surface area contributed by atoms with Gasteiger partial charge in [0.25, 0.3) is 10.1 Å². The minimum Gasteiger partial charge on any atom is -0.377 e. The highest BCUT2D eigenvalue weighted by atomic mass is 32.2. The summed E-state index contributed by atoms with van der Waals surface area (Å²) in [6.45, 7) is 2.74. The Labute approximate surface area is 85.0 Å². The Kier molecular flexibility index (Phi) is 4.10. The van der Waals surface area contributed by atoms with Crippen LogP contribution in [0, 0.1) is 5.92 Å². The molecule has 2 atom stereocenters. The molecule has 0 saturated carbocycles. The lowest BCUT2D eigenvalue weighted by Gasteiger charge is -2.18. The highest BCUT2D eigenvalue weighted by molar-refractivity contribution is 7.85. The van der Waals surface area contributed by atoms with Crippen LogP contribution in [0.1, 0.15) is 13.3 Å². The first-order valence-electron chi connectivity index (χ1n) is 4.65. The summed E-state index contributed by atoms with van der Waals surface area (Å²) in [5.41, 5.74) is 0. The van der Waals surface area contributed by atoms with E-state index in [2.05, 4.69) is 0 Å². The van der Waals surface area contributed by atoms with Crippen molar-refractivity contribution < 1.29 is 17.3 Å². The Balaban J connectivity index is 2.39. The van der Waals surface area contributed by atoms with Crippen molar-refractivity contribution in [1.29, 1.82) is 0 Å². The summed E-state index contributed by atoms with van der Waals surface area (Å²) in [5, 5.41) is 0. The van der Waals surface area contributed by atoms with Gasteiger partial charge in [-0.2, -0.15) is 8.42 Å². The predicted octanol–water partition coefficient (Wildman–Crippen LogP) is 0.944. The SMILES string of the molecule is CCO[C@@H]1CC=C[C@H]1COS(C)(=O)=O. The van der Waals surface area contributed by atoms with Crippen molar-refractivity contribution in [3.63, 3.8) is 0 Å². The van der Waals surface area contributed by atoms with Crippen molar-refractivity contribution in [3.8, 4) is 0 Å². The lowest BCUT2D eigenvalue weighted by atomic mass is 10.1. The van der Waals surface area contributed by atoms with Crippen molar-refractivity contribution >= 4 is 10.1 Å². The standard InChI is InChI=1S/C9H16O4S/c1-3-12-9-6-4-5-8(9)7-13-14(2,10)11/h4-5,8-9H,3,6-7H2,1-2H3/t8-,9+/m0/s1. The van der Waals surface area contributed by atoms with Crippen molar-refractivity contribution in [2.45, 2.75) is 19.4 Å². The van der Waals surface area contributed by atoms with Gasteiger partial charge in [-0.1, -0.05) is 12.2 Å². The van der Waals surface area contributed by atoms with Gasteiger partial charge < -0.3 is 4.74 Å². The third-order valence-corrected chi connectivity index (χ3v) is 2.65. The van der Waals surface area contributed by atoms with Crippen LogP contribution in [0.5, 0.6) is 0 Å². The topological polar surface area (TPSA) is 52.6 Å². The minimum absolute atomic E-state index is 0.0599. The number of ether oxygens (including phenoxy) is 1. The van der Waals surface area contributed by atoms with Gasteiger partial charge in [-0.15, -0.1) is 0 Å². The summed E-state index contributed by atoms with van der Waals surface area (Å²) in [5.74, 6) is 0.0599. The van der Waals surface area contributed by atoms with Crippen molar-refractivity contribution in [2.24, 2.45) is 5.92 Å². The summed E-state index contributed by atoms with van der Waals surface area (Å²) < 4.78 is 31.7. The van der Waals surface area contributed by atoms with E-state index in [1.165, 1.54) is 0 Å². The smallest absolute Gasteiger partial charge is 0.264 e. The van der Waals surface area contributed by atoms with E-state index >= 15 is 0 Å². The Morgan fingerprint density at radius 3 is 2.79 bits per heavy atom. The summed E-state index contributed by atoms with van der Waals surface area (Å²) in [4.78, 5) is 0. The molecular formula is C9H16O4S. The summed E-state index contributed by atoms with van der Waals surface area (Å²) in [7, 11) is -3.34. The van der Waals surface area contributed by atoms with Gasteiger partial charge in [0.05, 0.1) is 19.0 Å². The number of hydrogen-bond acceptors (Lipinski definition) is 4. The van der Waals surface area contributed by atoms with Crippen molar-refractivity contribution in [3.05, 3.63) is 12.2 Å². The maximum Gasteiger partial charge on any atom is 0.264 e. The van der Waals surface area contributed by atoms with Gasteiger partial charge in [0.1, 0.15) is 0 Å². The molecule has 0 aromatic carbocycles. The zero-order chi connectivity index (χ0) is 10.6. The van der Waals surface area contributed by atoms with E-state index in [4.69, 9.17) is 8.92 Å². The molecular weight excluding hydrogens is 204 g/mol. The second-order valence-electron chi connectivity index (χ2n) is 3.31. The molecule has 0 aliphatic heterocycles. The molecule has 1 aliphatic rings. The van der Waals surface area contributed by atoms with Crippen molar-refractivity contribution in [2.75, 3.05) is 19.5 Å². The van der Waals surface area contributed by atoms with Crippen LogP contribution >= 0.6 is 0 Å². The van der Waals surface area contributed by atoms with Crippen molar-refractivity contribution in [1.82, 2.24) is 0 Å². The van der Waals surface area contributed by atoms with Gasteiger partial charge in [-0.05, 0) is 13.3 Å². The van der Waals surface area contributed by atoms with Crippen LogP contribution in [0.25, 0.3) is 0 Å². The maximum atomic E-state index is 10.8. The number of hydrogen-bond donors (Lipinski definition) is 0. The van der Waals surface area contributed by atoms with Crippen LogP contribution in [-0.4, -0.2) is 34.0 Å². The lowest BCUT2D eigenvalue weighted by molar-refractivity contribution is 0.0301. The largest absolute Gasteiger partial charge is 0.377 e. The molecule has 0 N–H and O–H groups in total. The Bertz CT molecular complexity index is 294. The molecule has 0 aromatic heterocycles. The molecule has 82 valence electrons. The van der Waals surface area contributed by atoms with Crippen LogP contribution < -0.4 is 0 Å². The molecule has 0 amide bonds. The molecule has 0 fully saturated rings. The van der Waals surface area contributed by atoms with Gasteiger partial charge >= 0.3 is 0 Å². The van der Waals surface area contributed by atoms with E-state index in [0.29, 0.717) is 6.61 Å². The zero-order valence-corrected chi connectivity index (χ0v) is 9.29. The van der Waals surface area contributed by atoms with E-state index in [1.807, 2.05) is 19.1 Å². The normalized spacial score (nSPS) is 27.0. The van der Waals surface area contributed by atoms with Crippen LogP contribution in [0.15, 0.2) is 12.2 Å². The highest BCUT2D eigenvalue weighted by Gasteiger charge is 2.24. The van der Waals surface area contributed by atoms with E-state index in [1.54, 1.807) is 0 Å². The molecule has 0 aromatic rings. The Morgan fingerprint density at radius 2 is 2.21 bits per heavy atom. The maximum absolute atomic E-state index is 10.8. The fourth-order valence-electron chi connectivity index (χ4n) is 1.46. The van der Waals surface area contributed by atoms with Gasteiger partial charge in [0.15, 0.2) is 0 Å². The molecule has 0 unspecified atom stereocenters. The first-order chi connectivity index (χ1) is 6.53. The van der Waals surface area contributed by atoms with E-state index in [9.17, 15) is 8.42 Å². The Hall–Kier alpha value is -0.390. The van der Waals surface area contributed by atoms with E-state index in [-0.39, 0.29) is 18.6 Å². The Morgan fingerprint density at radius 1 is 1.50 bits per heavy atom. The van der Waals surface area contributed by atoms with E-state index in [0.717, 1.165) is 12.7 Å². The van der Waals surface area contributed by atoms with Gasteiger partial charge in [0.2, 0.25) is 0 Å². The highest BCUT2D eigenvalue weighted by Crippen LogP contribution is 2.22. The summed E-state index contributed by atoms with van der Waals surface area (Å²) in [6, 6.07) is 0. The minimum atomic E-state index is -3.34. The first-order valence-corrected chi connectivity index (χ1v) is 6.47. The first kappa shape index (κ1) is 11.7. The van der Waals surface area contributed by atoms with Crippen LogP contribution in [0.3, 0.4) is 0 Å². The molecule has 0 saturated heterocycles. The molecule has 5 heteroatoms. The third-order valence-electron chi connectivity index (χ3n) is 2.08. The molecule has 0 bridgehead atoms. The van der Waals surface area contributed by atoms with E-state index < -0.39 is 10.1 Å². The summed E-state index contributed by atoms with van der Waals surface area (Å²) in [6.07, 6.45) is 5.91. The molecule has 0 heterocycles. The fourth-order valence-corrected chi connectivity index (χ4v) is 1.86. The quantitative estimate of drug-likeness (QED) is 0.511. The van der Waals surface area contributed by atoms with Crippen LogP contribution in [0.4, 0.5) is 0 Å². The molecule has 1 rings (SSSR count). The van der Waals surface area contributed by atoms with Gasteiger partial charge in [0, 0.05) is 12.5 Å². The average Bonchev–Trinajstić information content (AvgIpc) is 2.48. The monoisotopic (exact) mass is 220 g/mol. The zero-order valence-electron chi connectivity index (χ0n) is 8.47. The molecule has 14 heavy (non-hydrogen) atoms. The summed E-state index contributed by atoms with van der Waals surface area (Å²) >= 11 is 0. The average molecular weight is 220 g/mol. The second kappa shape index (κ2) is 4.91. The van der Waals surface area contributed by atoms with Crippen LogP contribution in [-0.2, 0) is 19.0 Å². The molecule has 4 nitrogen and oxygen atoms in total. The predicted molar refractivity (Wildman–Crippen MR) is 53.5 cm³/mol. The third kappa shape index (κ3) is 3.77. The molecule has 0 spiro atoms.